The molecular formula is C19H22N2O3S. The third-order valence-electron chi connectivity index (χ3n) is 4.36. The van der Waals surface area contributed by atoms with E-state index in [1.807, 2.05) is 42.2 Å². The van der Waals surface area contributed by atoms with Crippen molar-refractivity contribution in [1.82, 2.24) is 10.2 Å². The van der Waals surface area contributed by atoms with Gasteiger partial charge in [0.2, 0.25) is 5.91 Å². The summed E-state index contributed by atoms with van der Waals surface area (Å²) < 4.78 is 5.13. The van der Waals surface area contributed by atoms with E-state index in [1.54, 1.807) is 7.11 Å². The average Bonchev–Trinajstić information content (AvgIpc) is 3.09. The van der Waals surface area contributed by atoms with Crippen LogP contribution in [-0.4, -0.2) is 30.4 Å². The second-order valence-corrected chi connectivity index (χ2v) is 7.15. The number of amides is 2. The molecule has 6 heteroatoms. The summed E-state index contributed by atoms with van der Waals surface area (Å²) in [7, 11) is 1.63. The fourth-order valence-electron chi connectivity index (χ4n) is 2.89. The maximum Gasteiger partial charge on any atom is 0.261 e. The number of nitrogens with one attached hydrogen (secondary N) is 1. The van der Waals surface area contributed by atoms with Crippen LogP contribution in [-0.2, 0) is 24.3 Å². The minimum Gasteiger partial charge on any atom is -0.497 e. The van der Waals surface area contributed by atoms with Crippen molar-refractivity contribution in [3.63, 3.8) is 0 Å². The predicted molar refractivity (Wildman–Crippen MR) is 97.9 cm³/mol. The summed E-state index contributed by atoms with van der Waals surface area (Å²) in [5.41, 5.74) is 2.13. The number of thiophene rings is 1. The van der Waals surface area contributed by atoms with Gasteiger partial charge in [-0.3, -0.25) is 9.59 Å². The smallest absolute Gasteiger partial charge is 0.261 e. The van der Waals surface area contributed by atoms with E-state index < -0.39 is 0 Å². The van der Waals surface area contributed by atoms with E-state index in [1.165, 1.54) is 16.2 Å². The molecule has 0 unspecified atom stereocenters. The van der Waals surface area contributed by atoms with E-state index in [-0.39, 0.29) is 11.8 Å². The van der Waals surface area contributed by atoms with Crippen LogP contribution in [0, 0.1) is 0 Å². The van der Waals surface area contributed by atoms with Crippen LogP contribution in [0.15, 0.2) is 30.3 Å². The van der Waals surface area contributed by atoms with Crippen LogP contribution in [0.4, 0.5) is 0 Å². The third-order valence-corrected chi connectivity index (χ3v) is 5.59. The number of rotatable bonds is 5. The van der Waals surface area contributed by atoms with Crippen LogP contribution in [0.2, 0.25) is 0 Å². The number of ether oxygens (including phenoxy) is 1. The molecule has 2 aromatic rings. The molecule has 2 amide bonds. The molecule has 3 rings (SSSR count). The number of carbonyl (C=O) groups excluding carboxylic acids is 2. The molecule has 0 bridgehead atoms. The van der Waals surface area contributed by atoms with Gasteiger partial charge in [0.1, 0.15) is 5.75 Å². The Balaban J connectivity index is 1.61. The number of nitrogens with zero attached hydrogens (tertiary/aromatic N) is 1. The Hall–Kier alpha value is -2.34. The number of benzene rings is 1. The van der Waals surface area contributed by atoms with Crippen LogP contribution in [0.25, 0.3) is 0 Å². The first-order chi connectivity index (χ1) is 12.1. The van der Waals surface area contributed by atoms with E-state index >= 15 is 0 Å². The van der Waals surface area contributed by atoms with Crippen molar-refractivity contribution in [2.75, 3.05) is 13.7 Å². The number of hydrogen-bond donors (Lipinski definition) is 1. The highest BCUT2D eigenvalue weighted by molar-refractivity contribution is 7.14. The van der Waals surface area contributed by atoms with E-state index in [4.69, 9.17) is 4.74 Å². The summed E-state index contributed by atoms with van der Waals surface area (Å²) in [4.78, 5) is 28.1. The van der Waals surface area contributed by atoms with Gasteiger partial charge in [0.25, 0.3) is 5.91 Å². The van der Waals surface area contributed by atoms with Gasteiger partial charge >= 0.3 is 0 Å². The van der Waals surface area contributed by atoms with Gasteiger partial charge in [-0.15, -0.1) is 11.3 Å². The van der Waals surface area contributed by atoms with E-state index in [0.717, 1.165) is 29.8 Å². The van der Waals surface area contributed by atoms with Crippen molar-refractivity contribution in [3.05, 3.63) is 51.2 Å². The highest BCUT2D eigenvalue weighted by Crippen LogP contribution is 2.28. The minimum absolute atomic E-state index is 0.0661. The number of hydrogen-bond acceptors (Lipinski definition) is 4. The van der Waals surface area contributed by atoms with Crippen LogP contribution >= 0.6 is 11.3 Å². The molecule has 25 heavy (non-hydrogen) atoms. The first-order valence-corrected chi connectivity index (χ1v) is 9.23. The first kappa shape index (κ1) is 17.5. The standard InChI is InChI=1S/C19H22N2O3S/c1-3-18(22)21-9-8-16-14(12-21)10-17(25-16)19(23)20-11-13-4-6-15(24-2)7-5-13/h4-7,10H,3,8-9,11-12H2,1-2H3,(H,20,23). The van der Waals surface area contributed by atoms with Crippen LogP contribution in [0.3, 0.4) is 0 Å². The number of fused-ring (bicyclic) bond motifs is 1. The Morgan fingerprint density at radius 2 is 2.04 bits per heavy atom. The molecule has 1 N–H and O–H groups in total. The zero-order valence-corrected chi connectivity index (χ0v) is 15.3. The van der Waals surface area contributed by atoms with Gasteiger partial charge in [-0.05, 0) is 35.7 Å². The Labute approximate surface area is 151 Å². The number of carbonyl (C=O) groups is 2. The molecular weight excluding hydrogens is 336 g/mol. The zero-order valence-electron chi connectivity index (χ0n) is 14.5. The maximum absolute atomic E-state index is 12.4. The van der Waals surface area contributed by atoms with Crippen LogP contribution in [0.1, 0.15) is 39.0 Å². The van der Waals surface area contributed by atoms with Gasteiger partial charge in [-0.2, -0.15) is 0 Å². The second kappa shape index (κ2) is 7.70. The van der Waals surface area contributed by atoms with Crippen molar-refractivity contribution in [3.8, 4) is 5.75 Å². The molecule has 0 spiro atoms. The van der Waals surface area contributed by atoms with Crippen molar-refractivity contribution in [2.45, 2.75) is 32.9 Å². The molecule has 5 nitrogen and oxygen atoms in total. The van der Waals surface area contributed by atoms with Gasteiger partial charge < -0.3 is 15.0 Å². The lowest BCUT2D eigenvalue weighted by Gasteiger charge is -2.26. The molecule has 1 aromatic heterocycles. The molecule has 0 aliphatic carbocycles. The molecule has 0 fully saturated rings. The highest BCUT2D eigenvalue weighted by atomic mass is 32.1. The normalized spacial score (nSPS) is 13.3. The Morgan fingerprint density at radius 1 is 1.28 bits per heavy atom. The van der Waals surface area contributed by atoms with Crippen LogP contribution in [0.5, 0.6) is 5.75 Å². The quantitative estimate of drug-likeness (QED) is 0.894. The van der Waals surface area contributed by atoms with Crippen molar-refractivity contribution in [1.29, 1.82) is 0 Å². The molecule has 1 aromatic carbocycles. The fourth-order valence-corrected chi connectivity index (χ4v) is 3.97. The zero-order chi connectivity index (χ0) is 17.8. The summed E-state index contributed by atoms with van der Waals surface area (Å²) >= 11 is 1.54. The molecule has 1 aliphatic heterocycles. The molecule has 2 heterocycles. The summed E-state index contributed by atoms with van der Waals surface area (Å²) in [6.07, 6.45) is 1.35. The molecule has 1 aliphatic rings. The van der Waals surface area contributed by atoms with Crippen molar-refractivity contribution in [2.24, 2.45) is 0 Å². The predicted octanol–water partition coefficient (Wildman–Crippen LogP) is 2.98. The molecule has 0 saturated carbocycles. The van der Waals surface area contributed by atoms with Gasteiger partial charge in [-0.25, -0.2) is 0 Å². The van der Waals surface area contributed by atoms with E-state index in [0.29, 0.717) is 24.4 Å². The fraction of sp³-hybridized carbons (Fsp3) is 0.368. The Kier molecular flexibility index (Phi) is 5.38. The van der Waals surface area contributed by atoms with Crippen molar-refractivity contribution >= 4 is 23.2 Å². The summed E-state index contributed by atoms with van der Waals surface area (Å²) in [5, 5.41) is 2.96. The van der Waals surface area contributed by atoms with Crippen LogP contribution < -0.4 is 10.1 Å². The van der Waals surface area contributed by atoms with E-state index in [2.05, 4.69) is 5.32 Å². The van der Waals surface area contributed by atoms with Gasteiger partial charge in [0.15, 0.2) is 0 Å². The topological polar surface area (TPSA) is 58.6 Å². The van der Waals surface area contributed by atoms with Crippen molar-refractivity contribution < 1.29 is 14.3 Å². The molecule has 0 radical (unpaired) electrons. The van der Waals surface area contributed by atoms with Gasteiger partial charge in [-0.1, -0.05) is 19.1 Å². The third kappa shape index (κ3) is 4.02. The molecule has 0 saturated heterocycles. The average molecular weight is 358 g/mol. The first-order valence-electron chi connectivity index (χ1n) is 8.41. The monoisotopic (exact) mass is 358 g/mol. The summed E-state index contributed by atoms with van der Waals surface area (Å²) in [6.45, 7) is 3.71. The maximum atomic E-state index is 12.4. The second-order valence-electron chi connectivity index (χ2n) is 6.01. The number of methoxy groups -OCH3 is 1. The minimum atomic E-state index is -0.0661. The largest absolute Gasteiger partial charge is 0.497 e. The van der Waals surface area contributed by atoms with Gasteiger partial charge in [0, 0.05) is 30.9 Å². The lowest BCUT2D eigenvalue weighted by atomic mass is 10.1. The SMILES string of the molecule is CCC(=O)N1CCc2sc(C(=O)NCc3ccc(OC)cc3)cc2C1. The Bertz CT molecular complexity index is 767. The van der Waals surface area contributed by atoms with Gasteiger partial charge in [0.05, 0.1) is 12.0 Å². The molecule has 0 atom stereocenters. The lowest BCUT2D eigenvalue weighted by Crippen LogP contribution is -2.34. The Morgan fingerprint density at radius 3 is 2.72 bits per heavy atom. The summed E-state index contributed by atoms with van der Waals surface area (Å²) in [5.74, 6) is 0.901. The summed E-state index contributed by atoms with van der Waals surface area (Å²) in [6, 6.07) is 9.56. The lowest BCUT2D eigenvalue weighted by molar-refractivity contribution is -0.131. The highest BCUT2D eigenvalue weighted by Gasteiger charge is 2.23. The van der Waals surface area contributed by atoms with E-state index in [9.17, 15) is 9.59 Å². The molecule has 132 valence electrons.